The Morgan fingerprint density at radius 3 is 2.50 bits per heavy atom. The molecule has 0 aliphatic carbocycles. The number of hydrogen-bond donors (Lipinski definition) is 0. The molecule has 0 amide bonds. The van der Waals surface area contributed by atoms with E-state index >= 15 is 0 Å². The van der Waals surface area contributed by atoms with Gasteiger partial charge in [-0.2, -0.15) is 5.10 Å². The molecule has 9 nitrogen and oxygen atoms in total. The highest BCUT2D eigenvalue weighted by atomic mass is 35.5. The topological polar surface area (TPSA) is 109 Å². The molecule has 2 heterocycles. The third-order valence-electron chi connectivity index (χ3n) is 4.83. The Bertz CT molecular complexity index is 1270. The van der Waals surface area contributed by atoms with Gasteiger partial charge in [0.05, 0.1) is 33.8 Å². The Labute approximate surface area is 193 Å². The maximum Gasteiger partial charge on any atom is 0.344 e. The number of esters is 1. The number of carbonyl (C=O) groups excluding carboxylic acids is 1. The second-order valence-electron chi connectivity index (χ2n) is 6.87. The number of aromatic nitrogens is 3. The minimum atomic E-state index is -0.752. The van der Waals surface area contributed by atoms with E-state index in [1.165, 1.54) is 23.9 Å². The van der Waals surface area contributed by atoms with E-state index in [0.29, 0.717) is 28.5 Å². The van der Waals surface area contributed by atoms with Gasteiger partial charge >= 0.3 is 11.7 Å². The summed E-state index contributed by atoms with van der Waals surface area (Å²) in [6.07, 6.45) is 1.30. The van der Waals surface area contributed by atoms with Gasteiger partial charge in [0, 0.05) is 23.9 Å². The highest BCUT2D eigenvalue weighted by Crippen LogP contribution is 2.31. The summed E-state index contributed by atoms with van der Waals surface area (Å²) in [6.45, 7) is 5.60. The van der Waals surface area contributed by atoms with Crippen LogP contribution in [0, 0.1) is 17.0 Å². The number of nitrogens with zero attached hydrogens (tertiary/aromatic N) is 4. The molecule has 3 rings (SSSR count). The number of nitro groups is 1. The maximum absolute atomic E-state index is 13.0. The average molecular weight is 479 g/mol. The van der Waals surface area contributed by atoms with Gasteiger partial charge in [-0.3, -0.25) is 19.6 Å². The van der Waals surface area contributed by atoms with E-state index in [-0.39, 0.29) is 35.1 Å². The van der Waals surface area contributed by atoms with Crippen LogP contribution in [0.15, 0.2) is 35.3 Å². The summed E-state index contributed by atoms with van der Waals surface area (Å²) in [4.78, 5) is 36.4. The fraction of sp³-hybridized carbons (Fsp3) is 0.286. The van der Waals surface area contributed by atoms with Crippen LogP contribution < -0.4 is 5.43 Å². The first-order valence-corrected chi connectivity index (χ1v) is 10.5. The Morgan fingerprint density at radius 2 is 1.94 bits per heavy atom. The summed E-state index contributed by atoms with van der Waals surface area (Å²) >= 11 is 12.2. The van der Waals surface area contributed by atoms with Crippen LogP contribution in [0.1, 0.15) is 35.6 Å². The summed E-state index contributed by atoms with van der Waals surface area (Å²) in [5, 5.41) is 15.9. The van der Waals surface area contributed by atoms with Crippen molar-refractivity contribution in [1.29, 1.82) is 0 Å². The van der Waals surface area contributed by atoms with Crippen LogP contribution in [0.3, 0.4) is 0 Å². The van der Waals surface area contributed by atoms with Crippen LogP contribution in [0.2, 0.25) is 10.0 Å². The molecule has 2 aromatic heterocycles. The van der Waals surface area contributed by atoms with E-state index in [9.17, 15) is 19.7 Å². The first-order chi connectivity index (χ1) is 15.2. The fourth-order valence-electron chi connectivity index (χ4n) is 3.47. The van der Waals surface area contributed by atoms with Crippen molar-refractivity contribution in [2.75, 3.05) is 6.61 Å². The van der Waals surface area contributed by atoms with E-state index < -0.39 is 16.3 Å². The second-order valence-corrected chi connectivity index (χ2v) is 7.69. The van der Waals surface area contributed by atoms with Gasteiger partial charge in [-0.15, -0.1) is 0 Å². The lowest BCUT2D eigenvalue weighted by atomic mass is 10.0. The first kappa shape index (κ1) is 23.5. The summed E-state index contributed by atoms with van der Waals surface area (Å²) in [7, 11) is 0. The number of pyridine rings is 1. The molecular weight excluding hydrogens is 459 g/mol. The van der Waals surface area contributed by atoms with Gasteiger partial charge in [0.25, 0.3) is 0 Å². The van der Waals surface area contributed by atoms with Crippen molar-refractivity contribution in [1.82, 2.24) is 14.3 Å². The number of halogens is 2. The van der Waals surface area contributed by atoms with Crippen molar-refractivity contribution in [2.24, 2.45) is 0 Å². The minimum Gasteiger partial charge on any atom is -0.462 e. The third kappa shape index (κ3) is 4.53. The number of aryl methyl sites for hydroxylation is 1. The molecule has 0 atom stereocenters. The molecule has 168 valence electrons. The van der Waals surface area contributed by atoms with Crippen molar-refractivity contribution in [3.63, 3.8) is 0 Å². The fourth-order valence-corrected chi connectivity index (χ4v) is 3.76. The van der Waals surface area contributed by atoms with Gasteiger partial charge in [-0.1, -0.05) is 29.3 Å². The molecule has 11 heteroatoms. The summed E-state index contributed by atoms with van der Waals surface area (Å²) < 4.78 is 8.27. The lowest BCUT2D eigenvalue weighted by Crippen LogP contribution is -2.25. The standard InChI is InChI=1S/C21H20Cl2N4O5/c1-4-26-14(10-25-11-17(27(30)31)12(3)24-25)9-18(28)19(21(29)32-5-2)20(26)13-6-7-15(22)16(23)8-13/h6-9,11H,4-5,10H2,1-3H3. The van der Waals surface area contributed by atoms with Gasteiger partial charge in [0.1, 0.15) is 17.5 Å². The van der Waals surface area contributed by atoms with Crippen molar-refractivity contribution in [3.8, 4) is 11.3 Å². The predicted molar refractivity (Wildman–Crippen MR) is 121 cm³/mol. The smallest absolute Gasteiger partial charge is 0.344 e. The van der Waals surface area contributed by atoms with E-state index in [1.54, 1.807) is 29.7 Å². The van der Waals surface area contributed by atoms with Crippen molar-refractivity contribution in [2.45, 2.75) is 33.9 Å². The van der Waals surface area contributed by atoms with Crippen LogP contribution in [0.5, 0.6) is 0 Å². The number of rotatable bonds is 7. The van der Waals surface area contributed by atoms with Gasteiger partial charge in [0.2, 0.25) is 0 Å². The molecule has 3 aromatic rings. The molecule has 1 aromatic carbocycles. The lowest BCUT2D eigenvalue weighted by molar-refractivity contribution is -0.385. The average Bonchev–Trinajstić information content (AvgIpc) is 3.10. The van der Waals surface area contributed by atoms with Gasteiger partial charge in [0.15, 0.2) is 5.43 Å². The summed E-state index contributed by atoms with van der Waals surface area (Å²) in [5.41, 5.74) is 0.804. The number of benzene rings is 1. The number of hydrogen-bond acceptors (Lipinski definition) is 6. The SMILES string of the molecule is CCOC(=O)c1c(-c2ccc(Cl)c(Cl)c2)n(CC)c(Cn2cc([N+](=O)[O-])c(C)n2)cc1=O. The largest absolute Gasteiger partial charge is 0.462 e. The molecule has 32 heavy (non-hydrogen) atoms. The van der Waals surface area contributed by atoms with Gasteiger partial charge in [-0.05, 0) is 32.9 Å². The predicted octanol–water partition coefficient (Wildman–Crippen LogP) is 4.48. The molecule has 0 aliphatic heterocycles. The molecule has 0 fully saturated rings. The molecule has 0 saturated carbocycles. The molecule has 0 N–H and O–H groups in total. The van der Waals surface area contributed by atoms with Crippen LogP contribution in [0.25, 0.3) is 11.3 Å². The van der Waals surface area contributed by atoms with Crippen LogP contribution in [-0.4, -0.2) is 31.8 Å². The van der Waals surface area contributed by atoms with Crippen molar-refractivity contribution >= 4 is 34.9 Å². The first-order valence-electron chi connectivity index (χ1n) is 9.75. The number of ether oxygens (including phenoxy) is 1. The summed E-state index contributed by atoms with van der Waals surface area (Å²) in [6, 6.07) is 6.12. The monoisotopic (exact) mass is 478 g/mol. The molecule has 0 unspecified atom stereocenters. The van der Waals surface area contributed by atoms with E-state index in [1.807, 2.05) is 6.92 Å². The zero-order valence-electron chi connectivity index (χ0n) is 17.6. The Hall–Kier alpha value is -3.17. The molecule has 0 spiro atoms. The van der Waals surface area contributed by atoms with Crippen LogP contribution >= 0.6 is 23.2 Å². The van der Waals surface area contributed by atoms with E-state index in [4.69, 9.17) is 27.9 Å². The zero-order valence-corrected chi connectivity index (χ0v) is 19.1. The Morgan fingerprint density at radius 1 is 1.22 bits per heavy atom. The molecule has 0 aliphatic rings. The van der Waals surface area contributed by atoms with E-state index in [2.05, 4.69) is 5.10 Å². The number of carbonyl (C=O) groups is 1. The molecule has 0 radical (unpaired) electrons. The second kappa shape index (κ2) is 9.54. The highest BCUT2D eigenvalue weighted by Gasteiger charge is 2.24. The molecule has 0 saturated heterocycles. The molecular formula is C21H20Cl2N4O5. The molecule has 0 bridgehead atoms. The minimum absolute atomic E-state index is 0.0786. The summed E-state index contributed by atoms with van der Waals surface area (Å²) in [5.74, 6) is -0.752. The van der Waals surface area contributed by atoms with Crippen LogP contribution in [-0.2, 0) is 17.8 Å². The Kier molecular flexibility index (Phi) is 7.00. The van der Waals surface area contributed by atoms with E-state index in [0.717, 1.165) is 0 Å². The highest BCUT2D eigenvalue weighted by molar-refractivity contribution is 6.42. The van der Waals surface area contributed by atoms with Crippen molar-refractivity contribution < 1.29 is 14.5 Å². The lowest BCUT2D eigenvalue weighted by Gasteiger charge is -2.20. The maximum atomic E-state index is 13.0. The quantitative estimate of drug-likeness (QED) is 0.281. The van der Waals surface area contributed by atoms with Crippen LogP contribution in [0.4, 0.5) is 5.69 Å². The van der Waals surface area contributed by atoms with Crippen molar-refractivity contribution in [3.05, 3.63) is 77.8 Å². The third-order valence-corrected chi connectivity index (χ3v) is 5.57. The zero-order chi connectivity index (χ0) is 23.6. The van der Waals surface area contributed by atoms with Gasteiger partial charge in [-0.25, -0.2) is 4.79 Å². The van der Waals surface area contributed by atoms with Gasteiger partial charge < -0.3 is 9.30 Å². The Balaban J connectivity index is 2.26. The normalized spacial score (nSPS) is 10.9.